The van der Waals surface area contributed by atoms with E-state index < -0.39 is 5.41 Å². The summed E-state index contributed by atoms with van der Waals surface area (Å²) in [5, 5.41) is 9.18. The van der Waals surface area contributed by atoms with E-state index >= 15 is 0 Å². The van der Waals surface area contributed by atoms with Crippen LogP contribution in [0.25, 0.3) is 0 Å². The molecular formula is C12H21N3OS. The van der Waals surface area contributed by atoms with Gasteiger partial charge in [0, 0.05) is 25.5 Å². The van der Waals surface area contributed by atoms with Crippen molar-refractivity contribution in [2.75, 3.05) is 13.6 Å². The molecule has 0 saturated heterocycles. The zero-order chi connectivity index (χ0) is 12.9. The minimum absolute atomic E-state index is 0.0533. The molecule has 1 amide bonds. The van der Waals surface area contributed by atoms with Gasteiger partial charge in [0.1, 0.15) is 0 Å². The third-order valence-electron chi connectivity index (χ3n) is 2.62. The first kappa shape index (κ1) is 14.1. The van der Waals surface area contributed by atoms with Crippen LogP contribution in [-0.2, 0) is 17.8 Å². The zero-order valence-electron chi connectivity index (χ0n) is 11.0. The number of carbonyl (C=O) groups is 1. The highest BCUT2D eigenvalue weighted by Crippen LogP contribution is 2.14. The predicted molar refractivity (Wildman–Crippen MR) is 71.0 cm³/mol. The van der Waals surface area contributed by atoms with Crippen LogP contribution in [0.2, 0.25) is 0 Å². The first-order valence-electron chi connectivity index (χ1n) is 5.85. The van der Waals surface area contributed by atoms with Crippen LogP contribution in [0.5, 0.6) is 0 Å². The number of aryl methyl sites for hydroxylation is 1. The van der Waals surface area contributed by atoms with Crippen LogP contribution in [0.1, 0.15) is 31.5 Å². The summed E-state index contributed by atoms with van der Waals surface area (Å²) in [6, 6.07) is 0. The van der Waals surface area contributed by atoms with Gasteiger partial charge in [-0.3, -0.25) is 4.79 Å². The lowest BCUT2D eigenvalue weighted by molar-refractivity contribution is -0.128. The Kier molecular flexibility index (Phi) is 5.08. The van der Waals surface area contributed by atoms with Gasteiger partial charge in [-0.2, -0.15) is 0 Å². The summed E-state index contributed by atoms with van der Waals surface area (Å²) in [7, 11) is 1.66. The fourth-order valence-corrected chi connectivity index (χ4v) is 2.26. The predicted octanol–water partition coefficient (Wildman–Crippen LogP) is 1.57. The maximum Gasteiger partial charge on any atom is 0.226 e. The van der Waals surface area contributed by atoms with E-state index in [2.05, 4.69) is 27.9 Å². The largest absolute Gasteiger partial charge is 0.359 e. The fourth-order valence-electron chi connectivity index (χ4n) is 1.51. The van der Waals surface area contributed by atoms with Gasteiger partial charge < -0.3 is 10.6 Å². The van der Waals surface area contributed by atoms with Crippen molar-refractivity contribution >= 4 is 17.2 Å². The molecule has 0 spiro atoms. The van der Waals surface area contributed by atoms with Crippen molar-refractivity contribution in [2.24, 2.45) is 5.41 Å². The van der Waals surface area contributed by atoms with Crippen LogP contribution in [0, 0.1) is 5.41 Å². The number of hydrogen-bond donors (Lipinski definition) is 2. The smallest absolute Gasteiger partial charge is 0.226 e. The average molecular weight is 255 g/mol. The maximum absolute atomic E-state index is 11.6. The van der Waals surface area contributed by atoms with Crippen molar-refractivity contribution in [1.82, 2.24) is 15.6 Å². The van der Waals surface area contributed by atoms with E-state index in [1.54, 1.807) is 18.4 Å². The Labute approximate surface area is 107 Å². The molecular weight excluding hydrogens is 234 g/mol. The highest BCUT2D eigenvalue weighted by atomic mass is 32.1. The summed E-state index contributed by atoms with van der Waals surface area (Å²) in [4.78, 5) is 16.0. The zero-order valence-corrected chi connectivity index (χ0v) is 11.8. The van der Waals surface area contributed by atoms with Crippen molar-refractivity contribution in [2.45, 2.75) is 33.7 Å². The van der Waals surface area contributed by atoms with E-state index in [1.807, 2.05) is 13.8 Å². The molecule has 0 aliphatic heterocycles. The number of nitrogens with zero attached hydrogens (tertiary/aromatic N) is 1. The molecule has 1 aromatic rings. The molecule has 0 aromatic carbocycles. The molecule has 0 atom stereocenters. The van der Waals surface area contributed by atoms with Gasteiger partial charge in [0.25, 0.3) is 0 Å². The van der Waals surface area contributed by atoms with Crippen molar-refractivity contribution in [3.05, 3.63) is 16.1 Å². The molecule has 0 fully saturated rings. The van der Waals surface area contributed by atoms with Crippen molar-refractivity contribution in [1.29, 1.82) is 0 Å². The number of thiazole rings is 1. The first-order chi connectivity index (χ1) is 7.99. The molecule has 0 saturated carbocycles. The molecule has 0 aliphatic carbocycles. The molecule has 0 bridgehead atoms. The van der Waals surface area contributed by atoms with Gasteiger partial charge in [0.15, 0.2) is 0 Å². The van der Waals surface area contributed by atoms with E-state index in [1.165, 1.54) is 0 Å². The van der Waals surface area contributed by atoms with Gasteiger partial charge in [-0.15, -0.1) is 11.3 Å². The molecule has 17 heavy (non-hydrogen) atoms. The van der Waals surface area contributed by atoms with Gasteiger partial charge in [-0.05, 0) is 20.3 Å². The number of rotatable bonds is 6. The summed E-state index contributed by atoms with van der Waals surface area (Å²) in [5.41, 5.74) is 0.665. The molecule has 1 aromatic heterocycles. The van der Waals surface area contributed by atoms with E-state index in [0.717, 1.165) is 23.7 Å². The van der Waals surface area contributed by atoms with Gasteiger partial charge in [-0.1, -0.05) is 6.92 Å². The van der Waals surface area contributed by atoms with E-state index in [9.17, 15) is 4.79 Å². The van der Waals surface area contributed by atoms with E-state index in [4.69, 9.17) is 0 Å². The molecule has 0 radical (unpaired) electrons. The second kappa shape index (κ2) is 6.12. The number of hydrogen-bond acceptors (Lipinski definition) is 4. The van der Waals surface area contributed by atoms with Gasteiger partial charge >= 0.3 is 0 Å². The Balaban J connectivity index is 2.39. The molecule has 0 unspecified atom stereocenters. The summed E-state index contributed by atoms with van der Waals surface area (Å²) < 4.78 is 0. The van der Waals surface area contributed by atoms with E-state index in [0.29, 0.717) is 6.54 Å². The van der Waals surface area contributed by atoms with Crippen LogP contribution < -0.4 is 10.6 Å². The monoisotopic (exact) mass is 255 g/mol. The Morgan fingerprint density at radius 1 is 1.53 bits per heavy atom. The maximum atomic E-state index is 11.6. The van der Waals surface area contributed by atoms with Crippen molar-refractivity contribution < 1.29 is 4.79 Å². The Bertz CT molecular complexity index is 374. The van der Waals surface area contributed by atoms with Crippen molar-refractivity contribution in [3.63, 3.8) is 0 Å². The lowest BCUT2D eigenvalue weighted by Gasteiger charge is -2.22. The lowest BCUT2D eigenvalue weighted by atomic mass is 9.92. The summed E-state index contributed by atoms with van der Waals surface area (Å²) in [6.45, 7) is 7.32. The highest BCUT2D eigenvalue weighted by molar-refractivity contribution is 7.09. The average Bonchev–Trinajstić information content (AvgIpc) is 2.75. The molecule has 5 heteroatoms. The standard InChI is InChI=1S/C12H21N3OS/c1-5-10-15-9(7-17-10)6-14-8-12(2,3)11(16)13-4/h7,14H,5-6,8H2,1-4H3,(H,13,16). The normalized spacial score (nSPS) is 11.5. The van der Waals surface area contributed by atoms with Crippen LogP contribution in [0.15, 0.2) is 5.38 Å². The minimum atomic E-state index is -0.391. The minimum Gasteiger partial charge on any atom is -0.359 e. The van der Waals surface area contributed by atoms with E-state index in [-0.39, 0.29) is 5.91 Å². The molecule has 4 nitrogen and oxygen atoms in total. The molecule has 0 aliphatic rings. The van der Waals surface area contributed by atoms with Gasteiger partial charge in [-0.25, -0.2) is 4.98 Å². The number of aromatic nitrogens is 1. The SMILES string of the molecule is CCc1nc(CNCC(C)(C)C(=O)NC)cs1. The Hall–Kier alpha value is -0.940. The van der Waals surface area contributed by atoms with Crippen LogP contribution in [0.3, 0.4) is 0 Å². The highest BCUT2D eigenvalue weighted by Gasteiger charge is 2.25. The Morgan fingerprint density at radius 3 is 2.76 bits per heavy atom. The van der Waals surface area contributed by atoms with Crippen LogP contribution >= 0.6 is 11.3 Å². The molecule has 2 N–H and O–H groups in total. The molecule has 1 rings (SSSR count). The lowest BCUT2D eigenvalue weighted by Crippen LogP contribution is -2.41. The van der Waals surface area contributed by atoms with Gasteiger partial charge in [0.2, 0.25) is 5.91 Å². The summed E-state index contributed by atoms with van der Waals surface area (Å²) in [5.74, 6) is 0.0533. The topological polar surface area (TPSA) is 54.0 Å². The first-order valence-corrected chi connectivity index (χ1v) is 6.73. The van der Waals surface area contributed by atoms with Crippen molar-refractivity contribution in [3.8, 4) is 0 Å². The second-order valence-electron chi connectivity index (χ2n) is 4.65. The molecule has 96 valence electrons. The number of amides is 1. The van der Waals surface area contributed by atoms with Crippen LogP contribution in [0.4, 0.5) is 0 Å². The summed E-state index contributed by atoms with van der Waals surface area (Å²) in [6.07, 6.45) is 0.981. The summed E-state index contributed by atoms with van der Waals surface area (Å²) >= 11 is 1.69. The second-order valence-corrected chi connectivity index (χ2v) is 5.60. The fraction of sp³-hybridized carbons (Fsp3) is 0.667. The molecule has 1 heterocycles. The van der Waals surface area contributed by atoms with Crippen LogP contribution in [-0.4, -0.2) is 24.5 Å². The number of nitrogens with one attached hydrogen (secondary N) is 2. The third kappa shape index (κ3) is 4.09. The van der Waals surface area contributed by atoms with Gasteiger partial charge in [0.05, 0.1) is 16.1 Å². The Morgan fingerprint density at radius 2 is 2.24 bits per heavy atom. The quantitative estimate of drug-likeness (QED) is 0.811. The third-order valence-corrected chi connectivity index (χ3v) is 3.66. The number of carbonyl (C=O) groups excluding carboxylic acids is 1.